The van der Waals surface area contributed by atoms with E-state index in [0.29, 0.717) is 30.8 Å². The molecule has 1 atom stereocenters. The van der Waals surface area contributed by atoms with Crippen molar-refractivity contribution in [3.8, 4) is 0 Å². The normalized spacial score (nSPS) is 16.4. The maximum absolute atomic E-state index is 12.7. The molecular formula is C22H24N2O4. The van der Waals surface area contributed by atoms with Crippen molar-refractivity contribution in [2.75, 3.05) is 19.6 Å². The van der Waals surface area contributed by atoms with Crippen LogP contribution >= 0.6 is 0 Å². The molecule has 0 radical (unpaired) electrons. The second kappa shape index (κ2) is 9.17. The Kier molecular flexibility index (Phi) is 6.42. The van der Waals surface area contributed by atoms with E-state index in [1.807, 2.05) is 18.2 Å². The molecule has 6 nitrogen and oxygen atoms in total. The molecule has 3 rings (SSSR count). The fraction of sp³-hybridized carbons (Fsp3) is 0.318. The Labute approximate surface area is 164 Å². The van der Waals surface area contributed by atoms with Crippen molar-refractivity contribution < 1.29 is 19.5 Å². The number of benzene rings is 2. The van der Waals surface area contributed by atoms with Crippen LogP contribution in [0.4, 0.5) is 0 Å². The summed E-state index contributed by atoms with van der Waals surface area (Å²) < 4.78 is 0. The molecule has 1 aliphatic heterocycles. The summed E-state index contributed by atoms with van der Waals surface area (Å²) in [5.41, 5.74) is 1.32. The van der Waals surface area contributed by atoms with E-state index in [1.54, 1.807) is 35.2 Å². The zero-order valence-electron chi connectivity index (χ0n) is 15.6. The number of likely N-dealkylation sites (tertiary alicyclic amines) is 1. The Hall–Kier alpha value is -3.15. The van der Waals surface area contributed by atoms with Gasteiger partial charge >= 0.3 is 5.97 Å². The molecule has 1 unspecified atom stereocenters. The third kappa shape index (κ3) is 4.97. The van der Waals surface area contributed by atoms with Gasteiger partial charge in [0.05, 0.1) is 12.0 Å². The summed E-state index contributed by atoms with van der Waals surface area (Å²) >= 11 is 0. The van der Waals surface area contributed by atoms with Crippen molar-refractivity contribution in [1.29, 1.82) is 0 Å². The summed E-state index contributed by atoms with van der Waals surface area (Å²) in [7, 11) is 0. The second-order valence-corrected chi connectivity index (χ2v) is 7.06. The topological polar surface area (TPSA) is 86.7 Å². The van der Waals surface area contributed by atoms with Gasteiger partial charge < -0.3 is 15.3 Å². The van der Waals surface area contributed by atoms with Gasteiger partial charge in [-0.05, 0) is 42.5 Å². The van der Waals surface area contributed by atoms with Crippen LogP contribution in [0.3, 0.4) is 0 Å². The number of nitrogens with zero attached hydrogens (tertiary/aromatic N) is 1. The average Bonchev–Trinajstić information content (AvgIpc) is 2.73. The van der Waals surface area contributed by atoms with Gasteiger partial charge in [-0.2, -0.15) is 0 Å². The number of carboxylic acids is 1. The lowest BCUT2D eigenvalue weighted by Gasteiger charge is -2.33. The van der Waals surface area contributed by atoms with Gasteiger partial charge in [0.25, 0.3) is 5.91 Å². The third-order valence-electron chi connectivity index (χ3n) is 5.05. The highest BCUT2D eigenvalue weighted by Crippen LogP contribution is 2.18. The summed E-state index contributed by atoms with van der Waals surface area (Å²) in [5, 5.41) is 12.2. The first-order chi connectivity index (χ1) is 13.5. The molecule has 146 valence electrons. The number of hydrogen-bond acceptors (Lipinski definition) is 3. The Morgan fingerprint density at radius 1 is 1.04 bits per heavy atom. The first-order valence-corrected chi connectivity index (χ1v) is 9.47. The first-order valence-electron chi connectivity index (χ1n) is 9.47. The van der Waals surface area contributed by atoms with Crippen molar-refractivity contribution in [1.82, 2.24) is 10.2 Å². The van der Waals surface area contributed by atoms with Crippen LogP contribution in [0.15, 0.2) is 54.6 Å². The van der Waals surface area contributed by atoms with Gasteiger partial charge in [-0.25, -0.2) is 4.79 Å². The molecule has 2 aromatic carbocycles. The van der Waals surface area contributed by atoms with E-state index < -0.39 is 5.97 Å². The van der Waals surface area contributed by atoms with E-state index >= 15 is 0 Å². The van der Waals surface area contributed by atoms with Crippen molar-refractivity contribution in [3.63, 3.8) is 0 Å². The maximum atomic E-state index is 12.7. The minimum atomic E-state index is -1.02. The van der Waals surface area contributed by atoms with Gasteiger partial charge in [0.2, 0.25) is 5.91 Å². The number of nitrogens with one attached hydrogen (secondary N) is 1. The molecule has 2 aromatic rings. The van der Waals surface area contributed by atoms with Crippen LogP contribution in [0.25, 0.3) is 0 Å². The summed E-state index contributed by atoms with van der Waals surface area (Å²) in [6.45, 7) is 1.75. The standard InChI is InChI=1S/C22H24N2O4/c25-20(13-18-10-4-5-11-19(18)22(27)28)24-12-6-7-16(15-24)14-23-21(26)17-8-2-1-3-9-17/h1-5,8-11,16H,6-7,12-15H2,(H,23,26)(H,27,28). The highest BCUT2D eigenvalue weighted by molar-refractivity contribution is 5.94. The molecule has 0 saturated carbocycles. The average molecular weight is 380 g/mol. The maximum Gasteiger partial charge on any atom is 0.335 e. The molecule has 0 aliphatic carbocycles. The number of hydrogen-bond donors (Lipinski definition) is 2. The number of carbonyl (C=O) groups excluding carboxylic acids is 2. The van der Waals surface area contributed by atoms with Gasteiger partial charge in [-0.1, -0.05) is 36.4 Å². The van der Waals surface area contributed by atoms with Crippen molar-refractivity contribution in [2.45, 2.75) is 19.3 Å². The number of rotatable bonds is 6. The zero-order valence-corrected chi connectivity index (χ0v) is 15.6. The number of carbonyl (C=O) groups is 3. The third-order valence-corrected chi connectivity index (χ3v) is 5.05. The molecule has 28 heavy (non-hydrogen) atoms. The Bertz CT molecular complexity index is 851. The molecule has 6 heteroatoms. The number of piperidine rings is 1. The molecule has 2 N–H and O–H groups in total. The van der Waals surface area contributed by atoms with Gasteiger partial charge in [-0.3, -0.25) is 9.59 Å². The predicted octanol–water partition coefficient (Wildman–Crippen LogP) is 2.60. The predicted molar refractivity (Wildman–Crippen MR) is 105 cm³/mol. The zero-order chi connectivity index (χ0) is 19.9. The summed E-state index contributed by atoms with van der Waals surface area (Å²) in [5.74, 6) is -1.02. The van der Waals surface area contributed by atoms with Crippen LogP contribution in [0.2, 0.25) is 0 Å². The second-order valence-electron chi connectivity index (χ2n) is 7.06. The minimum absolute atomic E-state index is 0.0750. The molecule has 0 bridgehead atoms. The first kappa shape index (κ1) is 19.6. The van der Waals surface area contributed by atoms with Crippen LogP contribution in [0, 0.1) is 5.92 Å². The van der Waals surface area contributed by atoms with E-state index in [-0.39, 0.29) is 29.7 Å². The van der Waals surface area contributed by atoms with Gasteiger partial charge in [0.15, 0.2) is 0 Å². The molecule has 2 amide bonds. The van der Waals surface area contributed by atoms with E-state index in [1.165, 1.54) is 6.07 Å². The number of aromatic carboxylic acids is 1. The van der Waals surface area contributed by atoms with Gasteiger partial charge in [0, 0.05) is 25.2 Å². The molecule has 0 aromatic heterocycles. The molecule has 1 saturated heterocycles. The van der Waals surface area contributed by atoms with E-state index in [0.717, 1.165) is 12.8 Å². The van der Waals surface area contributed by atoms with Crippen molar-refractivity contribution in [2.24, 2.45) is 5.92 Å². The van der Waals surface area contributed by atoms with Crippen LogP contribution in [0.5, 0.6) is 0 Å². The summed E-state index contributed by atoms with van der Waals surface area (Å²) in [4.78, 5) is 38.0. The van der Waals surface area contributed by atoms with E-state index in [4.69, 9.17) is 0 Å². The largest absolute Gasteiger partial charge is 0.478 e. The Balaban J connectivity index is 1.55. The minimum Gasteiger partial charge on any atom is -0.478 e. The molecule has 1 heterocycles. The lowest BCUT2D eigenvalue weighted by molar-refractivity contribution is -0.132. The SMILES string of the molecule is O=C(NCC1CCCN(C(=O)Cc2ccccc2C(=O)O)C1)c1ccccc1. The van der Waals surface area contributed by atoms with Crippen LogP contribution in [-0.2, 0) is 11.2 Å². The van der Waals surface area contributed by atoms with Gasteiger partial charge in [-0.15, -0.1) is 0 Å². The van der Waals surface area contributed by atoms with Crippen molar-refractivity contribution >= 4 is 17.8 Å². The number of carboxylic acid groups (broad SMARTS) is 1. The molecule has 1 fully saturated rings. The van der Waals surface area contributed by atoms with E-state index in [9.17, 15) is 19.5 Å². The molecular weight excluding hydrogens is 356 g/mol. The van der Waals surface area contributed by atoms with Crippen LogP contribution in [-0.4, -0.2) is 47.4 Å². The Morgan fingerprint density at radius 2 is 1.75 bits per heavy atom. The quantitative estimate of drug-likeness (QED) is 0.806. The summed E-state index contributed by atoms with van der Waals surface area (Å²) in [6.07, 6.45) is 1.90. The number of amides is 2. The summed E-state index contributed by atoms with van der Waals surface area (Å²) in [6, 6.07) is 15.7. The highest BCUT2D eigenvalue weighted by atomic mass is 16.4. The monoisotopic (exact) mass is 380 g/mol. The lowest BCUT2D eigenvalue weighted by Crippen LogP contribution is -2.44. The Morgan fingerprint density at radius 3 is 2.50 bits per heavy atom. The fourth-order valence-corrected chi connectivity index (χ4v) is 3.54. The van der Waals surface area contributed by atoms with Crippen LogP contribution in [0.1, 0.15) is 39.1 Å². The van der Waals surface area contributed by atoms with E-state index in [2.05, 4.69) is 5.32 Å². The lowest BCUT2D eigenvalue weighted by atomic mass is 9.96. The highest BCUT2D eigenvalue weighted by Gasteiger charge is 2.25. The smallest absolute Gasteiger partial charge is 0.335 e. The molecule has 1 aliphatic rings. The fourth-order valence-electron chi connectivity index (χ4n) is 3.54. The van der Waals surface area contributed by atoms with Crippen molar-refractivity contribution in [3.05, 3.63) is 71.3 Å². The van der Waals surface area contributed by atoms with Crippen LogP contribution < -0.4 is 5.32 Å². The van der Waals surface area contributed by atoms with Gasteiger partial charge in [0.1, 0.15) is 0 Å². The molecule has 0 spiro atoms.